The van der Waals surface area contributed by atoms with Gasteiger partial charge in [0.1, 0.15) is 0 Å². The van der Waals surface area contributed by atoms with Crippen LogP contribution in [0.1, 0.15) is 10.4 Å². The molecule has 2 aromatic carbocycles. The molecule has 0 aliphatic carbocycles. The molecule has 16 heavy (non-hydrogen) atoms. The van der Waals surface area contributed by atoms with Gasteiger partial charge in [-0.1, -0.05) is 36.4 Å². The molecule has 0 atom stereocenters. The Kier molecular flexibility index (Phi) is 3.56. The Morgan fingerprint density at radius 3 is 1.94 bits per heavy atom. The molecule has 80 valence electrons. The van der Waals surface area contributed by atoms with E-state index in [2.05, 4.69) is 0 Å². The molecule has 3 heteroatoms. The first-order chi connectivity index (χ1) is 7.79. The van der Waals surface area contributed by atoms with Crippen molar-refractivity contribution in [1.82, 2.24) is 0 Å². The van der Waals surface area contributed by atoms with Gasteiger partial charge in [0.2, 0.25) is 0 Å². The maximum atomic E-state index is 12.1. The molecule has 0 N–H and O–H groups in total. The van der Waals surface area contributed by atoms with Gasteiger partial charge in [-0.05, 0) is 24.3 Å². The summed E-state index contributed by atoms with van der Waals surface area (Å²) < 4.78 is 1.62. The van der Waals surface area contributed by atoms with Crippen molar-refractivity contribution in [1.29, 1.82) is 0 Å². The minimum absolute atomic E-state index is 0.00704. The van der Waals surface area contributed by atoms with Crippen LogP contribution in [0.25, 0.3) is 0 Å². The smallest absolute Gasteiger partial charge is 0.267 e. The number of hydrogen-bond donors (Lipinski definition) is 0. The molecule has 0 aliphatic heterocycles. The fraction of sp³-hybridized carbons (Fsp3) is 0. The number of anilines is 1. The van der Waals surface area contributed by atoms with E-state index in [9.17, 15) is 4.79 Å². The largest absolute Gasteiger partial charge is 0.268 e. The Morgan fingerprint density at radius 1 is 0.875 bits per heavy atom. The second-order valence-corrected chi connectivity index (χ2v) is 4.25. The van der Waals surface area contributed by atoms with E-state index < -0.39 is 0 Å². The SMILES string of the molecule is O=C(c1ccccc1)N(I)c1ccccc1. The number of carbonyl (C=O) groups is 1. The van der Waals surface area contributed by atoms with Crippen molar-refractivity contribution < 1.29 is 4.79 Å². The van der Waals surface area contributed by atoms with E-state index in [1.165, 1.54) is 0 Å². The van der Waals surface area contributed by atoms with Crippen LogP contribution in [-0.2, 0) is 0 Å². The van der Waals surface area contributed by atoms with Gasteiger partial charge in [0.05, 0.1) is 28.6 Å². The van der Waals surface area contributed by atoms with E-state index >= 15 is 0 Å². The van der Waals surface area contributed by atoms with Gasteiger partial charge in [0, 0.05) is 5.56 Å². The fourth-order valence-electron chi connectivity index (χ4n) is 1.37. The van der Waals surface area contributed by atoms with Crippen LogP contribution in [0.15, 0.2) is 60.7 Å². The minimum atomic E-state index is -0.00704. The summed E-state index contributed by atoms with van der Waals surface area (Å²) in [6.45, 7) is 0. The third-order valence-corrected chi connectivity index (χ3v) is 3.18. The quantitative estimate of drug-likeness (QED) is 0.610. The molecule has 2 nitrogen and oxygen atoms in total. The summed E-state index contributed by atoms with van der Waals surface area (Å²) in [4.78, 5) is 12.1. The van der Waals surface area contributed by atoms with Gasteiger partial charge in [-0.2, -0.15) is 0 Å². The van der Waals surface area contributed by atoms with Crippen LogP contribution in [0.3, 0.4) is 0 Å². The number of nitrogens with zero attached hydrogens (tertiary/aromatic N) is 1. The van der Waals surface area contributed by atoms with E-state index in [4.69, 9.17) is 0 Å². The molecule has 2 rings (SSSR count). The molecule has 0 fully saturated rings. The highest BCUT2D eigenvalue weighted by Crippen LogP contribution is 2.20. The van der Waals surface area contributed by atoms with Gasteiger partial charge >= 0.3 is 0 Å². The summed E-state index contributed by atoms with van der Waals surface area (Å²) in [6.07, 6.45) is 0. The Balaban J connectivity index is 2.24. The Bertz CT molecular complexity index is 470. The molecule has 0 bridgehead atoms. The lowest BCUT2D eigenvalue weighted by Gasteiger charge is -2.14. The average Bonchev–Trinajstić information content (AvgIpc) is 2.39. The maximum absolute atomic E-state index is 12.1. The van der Waals surface area contributed by atoms with Crippen LogP contribution >= 0.6 is 22.9 Å². The number of benzene rings is 2. The monoisotopic (exact) mass is 323 g/mol. The molecule has 0 heterocycles. The van der Waals surface area contributed by atoms with Gasteiger partial charge < -0.3 is 0 Å². The lowest BCUT2D eigenvalue weighted by atomic mass is 10.2. The van der Waals surface area contributed by atoms with Crippen molar-refractivity contribution >= 4 is 34.5 Å². The number of para-hydroxylation sites is 1. The third kappa shape index (κ3) is 2.41. The molecule has 1 amide bonds. The number of halogens is 1. The molecule has 0 radical (unpaired) electrons. The van der Waals surface area contributed by atoms with Crippen molar-refractivity contribution in [3.63, 3.8) is 0 Å². The fourth-order valence-corrected chi connectivity index (χ4v) is 1.97. The zero-order valence-electron chi connectivity index (χ0n) is 8.51. The van der Waals surface area contributed by atoms with E-state index in [-0.39, 0.29) is 5.91 Å². The molecule has 0 aliphatic rings. The molecule has 0 aromatic heterocycles. The highest BCUT2D eigenvalue weighted by Gasteiger charge is 2.13. The third-order valence-electron chi connectivity index (χ3n) is 2.18. The van der Waals surface area contributed by atoms with Crippen molar-refractivity contribution in [2.75, 3.05) is 3.11 Å². The topological polar surface area (TPSA) is 20.3 Å². The van der Waals surface area contributed by atoms with Crippen LogP contribution in [0, 0.1) is 0 Å². The lowest BCUT2D eigenvalue weighted by molar-refractivity contribution is 0.101. The first-order valence-electron chi connectivity index (χ1n) is 4.89. The minimum Gasteiger partial charge on any atom is -0.268 e. The van der Waals surface area contributed by atoms with Crippen LogP contribution in [0.5, 0.6) is 0 Å². The predicted molar refractivity (Wildman–Crippen MR) is 73.7 cm³/mol. The second kappa shape index (κ2) is 5.12. The van der Waals surface area contributed by atoms with Gasteiger partial charge in [0.15, 0.2) is 0 Å². The van der Waals surface area contributed by atoms with Crippen LogP contribution in [0.2, 0.25) is 0 Å². The van der Waals surface area contributed by atoms with E-state index in [1.54, 1.807) is 3.11 Å². The van der Waals surface area contributed by atoms with E-state index in [0.29, 0.717) is 5.56 Å². The van der Waals surface area contributed by atoms with Crippen LogP contribution < -0.4 is 3.11 Å². The van der Waals surface area contributed by atoms with E-state index in [0.717, 1.165) is 5.69 Å². The summed E-state index contributed by atoms with van der Waals surface area (Å²) >= 11 is 2.02. The van der Waals surface area contributed by atoms with Crippen molar-refractivity contribution in [3.05, 3.63) is 66.2 Å². The molecular weight excluding hydrogens is 313 g/mol. The van der Waals surface area contributed by atoms with Crippen molar-refractivity contribution in [3.8, 4) is 0 Å². The summed E-state index contributed by atoms with van der Waals surface area (Å²) in [6, 6.07) is 18.8. The summed E-state index contributed by atoms with van der Waals surface area (Å²) in [5.74, 6) is -0.00704. The summed E-state index contributed by atoms with van der Waals surface area (Å²) in [5.41, 5.74) is 1.58. The maximum Gasteiger partial charge on any atom is 0.267 e. The van der Waals surface area contributed by atoms with Gasteiger partial charge in [0.25, 0.3) is 5.91 Å². The number of rotatable bonds is 2. The molecule has 0 spiro atoms. The molecular formula is C13H10INO. The Hall–Kier alpha value is -1.36. The normalized spacial score (nSPS) is 9.81. The Morgan fingerprint density at radius 2 is 1.38 bits per heavy atom. The molecule has 2 aromatic rings. The highest BCUT2D eigenvalue weighted by atomic mass is 127. The summed E-state index contributed by atoms with van der Waals surface area (Å²) in [5, 5.41) is 0. The zero-order valence-corrected chi connectivity index (χ0v) is 10.7. The van der Waals surface area contributed by atoms with Crippen LogP contribution in [-0.4, -0.2) is 5.91 Å². The lowest BCUT2D eigenvalue weighted by Crippen LogP contribution is -2.19. The second-order valence-electron chi connectivity index (χ2n) is 3.29. The number of amides is 1. The van der Waals surface area contributed by atoms with E-state index in [1.807, 2.05) is 83.5 Å². The number of carbonyl (C=O) groups excluding carboxylic acids is 1. The standard InChI is InChI=1S/C13H10INO/c14-15(12-9-5-2-6-10-12)13(16)11-7-3-1-4-8-11/h1-10H. The summed E-state index contributed by atoms with van der Waals surface area (Å²) in [7, 11) is 0. The number of hydrogen-bond acceptors (Lipinski definition) is 1. The highest BCUT2D eigenvalue weighted by molar-refractivity contribution is 14.1. The predicted octanol–water partition coefficient (Wildman–Crippen LogP) is 3.68. The zero-order chi connectivity index (χ0) is 11.4. The van der Waals surface area contributed by atoms with Gasteiger partial charge in [-0.15, -0.1) is 0 Å². The first-order valence-corrected chi connectivity index (χ1v) is 5.86. The first kappa shape index (κ1) is 11.1. The van der Waals surface area contributed by atoms with Crippen LogP contribution in [0.4, 0.5) is 5.69 Å². The molecule has 0 saturated carbocycles. The van der Waals surface area contributed by atoms with Crippen molar-refractivity contribution in [2.24, 2.45) is 0 Å². The molecule has 0 unspecified atom stereocenters. The van der Waals surface area contributed by atoms with Gasteiger partial charge in [-0.25, -0.2) is 3.11 Å². The molecule has 0 saturated heterocycles. The van der Waals surface area contributed by atoms with Crippen molar-refractivity contribution in [2.45, 2.75) is 0 Å². The average molecular weight is 323 g/mol. The van der Waals surface area contributed by atoms with Gasteiger partial charge in [-0.3, -0.25) is 4.79 Å². The Labute approximate surface area is 108 Å².